The minimum Gasteiger partial charge on any atom is -0.293 e. The van der Waals surface area contributed by atoms with E-state index >= 15 is 0 Å². The monoisotopic (exact) mass is 232 g/mol. The molecule has 0 saturated carbocycles. The fraction of sp³-hybridized carbons (Fsp3) is 0.364. The van der Waals surface area contributed by atoms with Crippen LogP contribution in [-0.2, 0) is 0 Å². The van der Waals surface area contributed by atoms with Gasteiger partial charge in [-0.1, -0.05) is 12.1 Å². The number of aryl methyl sites for hydroxylation is 1. The lowest BCUT2D eigenvalue weighted by molar-refractivity contribution is 0.0991. The lowest BCUT2D eigenvalue weighted by Crippen LogP contribution is -2.10. The van der Waals surface area contributed by atoms with E-state index in [0.29, 0.717) is 11.1 Å². The summed E-state index contributed by atoms with van der Waals surface area (Å²) in [4.78, 5) is 11.5. The second-order valence-electron chi connectivity index (χ2n) is 3.35. The minimum absolute atomic E-state index is 0.0474. The molecule has 0 saturated heterocycles. The van der Waals surface area contributed by atoms with Crippen molar-refractivity contribution in [3.05, 3.63) is 34.9 Å². The molecule has 0 amide bonds. The van der Waals surface area contributed by atoms with Crippen LogP contribution in [0.5, 0.6) is 0 Å². The van der Waals surface area contributed by atoms with Gasteiger partial charge in [-0.25, -0.2) is 8.78 Å². The van der Waals surface area contributed by atoms with E-state index in [9.17, 15) is 13.6 Å². The van der Waals surface area contributed by atoms with Gasteiger partial charge in [0, 0.05) is 11.1 Å². The van der Waals surface area contributed by atoms with Crippen molar-refractivity contribution in [1.82, 2.24) is 0 Å². The molecule has 0 fully saturated rings. The Morgan fingerprint density at radius 1 is 1.40 bits per heavy atom. The summed E-state index contributed by atoms with van der Waals surface area (Å²) in [6.07, 6.45) is -2.51. The lowest BCUT2D eigenvalue weighted by Gasteiger charge is -2.07. The van der Waals surface area contributed by atoms with Gasteiger partial charge >= 0.3 is 0 Å². The first kappa shape index (κ1) is 12.1. The van der Waals surface area contributed by atoms with Crippen molar-refractivity contribution in [1.29, 1.82) is 0 Å². The van der Waals surface area contributed by atoms with Crippen molar-refractivity contribution in [3.63, 3.8) is 0 Å². The summed E-state index contributed by atoms with van der Waals surface area (Å²) in [5.74, 6) is -0.249. The normalized spacial score (nSPS) is 12.9. The SMILES string of the molecule is Cc1cc(C(=O)C(C)Cl)ccc1C(F)F. The first-order valence-electron chi connectivity index (χ1n) is 4.50. The van der Waals surface area contributed by atoms with Gasteiger partial charge in [-0.3, -0.25) is 4.79 Å². The number of hydrogen-bond acceptors (Lipinski definition) is 1. The molecule has 0 aliphatic rings. The van der Waals surface area contributed by atoms with Gasteiger partial charge in [0.1, 0.15) is 0 Å². The summed E-state index contributed by atoms with van der Waals surface area (Å²) in [7, 11) is 0. The molecule has 1 aromatic carbocycles. The van der Waals surface area contributed by atoms with E-state index in [2.05, 4.69) is 0 Å². The predicted octanol–water partition coefficient (Wildman–Crippen LogP) is 3.74. The summed E-state index contributed by atoms with van der Waals surface area (Å²) in [6.45, 7) is 3.11. The zero-order chi connectivity index (χ0) is 11.6. The average molecular weight is 233 g/mol. The molecular weight excluding hydrogens is 222 g/mol. The molecule has 15 heavy (non-hydrogen) atoms. The molecule has 82 valence electrons. The minimum atomic E-state index is -2.51. The first-order valence-corrected chi connectivity index (χ1v) is 4.94. The first-order chi connectivity index (χ1) is 6.93. The van der Waals surface area contributed by atoms with Crippen LogP contribution in [-0.4, -0.2) is 11.2 Å². The van der Waals surface area contributed by atoms with E-state index in [4.69, 9.17) is 11.6 Å². The van der Waals surface area contributed by atoms with Crippen LogP contribution in [0.3, 0.4) is 0 Å². The number of carbonyl (C=O) groups excluding carboxylic acids is 1. The van der Waals surface area contributed by atoms with Gasteiger partial charge in [-0.05, 0) is 25.5 Å². The third-order valence-electron chi connectivity index (χ3n) is 2.15. The van der Waals surface area contributed by atoms with Gasteiger partial charge in [-0.15, -0.1) is 11.6 Å². The molecular formula is C11H11ClF2O. The standard InChI is InChI=1S/C11H11ClF2O/c1-6-5-8(10(15)7(2)12)3-4-9(6)11(13)14/h3-5,7,11H,1-2H3. The Bertz CT molecular complexity index is 375. The summed E-state index contributed by atoms with van der Waals surface area (Å²) in [6, 6.07) is 4.10. The van der Waals surface area contributed by atoms with Gasteiger partial charge in [0.15, 0.2) is 5.78 Å². The van der Waals surface area contributed by atoms with Gasteiger partial charge in [0.05, 0.1) is 5.38 Å². The number of ketones is 1. The number of Topliss-reactive ketones (excluding diaryl/α,β-unsaturated/α-hetero) is 1. The molecule has 0 aromatic heterocycles. The number of hydrogen-bond donors (Lipinski definition) is 0. The average Bonchev–Trinajstić information content (AvgIpc) is 2.15. The summed E-state index contributed by atoms with van der Waals surface area (Å²) < 4.78 is 24.8. The van der Waals surface area contributed by atoms with Crippen molar-refractivity contribution < 1.29 is 13.6 Å². The van der Waals surface area contributed by atoms with Crippen LogP contribution >= 0.6 is 11.6 Å². The molecule has 4 heteroatoms. The Labute approximate surface area is 92.1 Å². The fourth-order valence-corrected chi connectivity index (χ4v) is 1.43. The number of halogens is 3. The van der Waals surface area contributed by atoms with Crippen molar-refractivity contribution in [2.75, 3.05) is 0 Å². The van der Waals surface area contributed by atoms with Crippen LogP contribution in [0.1, 0.15) is 34.8 Å². The smallest absolute Gasteiger partial charge is 0.264 e. The van der Waals surface area contributed by atoms with Crippen LogP contribution in [0, 0.1) is 6.92 Å². The second kappa shape index (κ2) is 4.71. The van der Waals surface area contributed by atoms with E-state index in [1.807, 2.05) is 0 Å². The molecule has 1 rings (SSSR count). The van der Waals surface area contributed by atoms with Crippen molar-refractivity contribution >= 4 is 17.4 Å². The van der Waals surface area contributed by atoms with E-state index in [1.54, 1.807) is 13.8 Å². The highest BCUT2D eigenvalue weighted by Gasteiger charge is 2.15. The molecule has 1 aromatic rings. The van der Waals surface area contributed by atoms with Crippen LogP contribution < -0.4 is 0 Å². The summed E-state index contributed by atoms with van der Waals surface area (Å²) in [5.41, 5.74) is 0.737. The van der Waals surface area contributed by atoms with Crippen molar-refractivity contribution in [2.45, 2.75) is 25.7 Å². The van der Waals surface area contributed by atoms with Crippen LogP contribution in [0.2, 0.25) is 0 Å². The molecule has 1 atom stereocenters. The van der Waals surface area contributed by atoms with Crippen LogP contribution in [0.15, 0.2) is 18.2 Å². The number of rotatable bonds is 3. The topological polar surface area (TPSA) is 17.1 Å². The zero-order valence-electron chi connectivity index (χ0n) is 8.43. The highest BCUT2D eigenvalue weighted by molar-refractivity contribution is 6.33. The van der Waals surface area contributed by atoms with Gasteiger partial charge in [-0.2, -0.15) is 0 Å². The zero-order valence-corrected chi connectivity index (χ0v) is 9.18. The molecule has 0 aliphatic carbocycles. The largest absolute Gasteiger partial charge is 0.293 e. The third-order valence-corrected chi connectivity index (χ3v) is 2.35. The molecule has 0 radical (unpaired) electrons. The van der Waals surface area contributed by atoms with Crippen molar-refractivity contribution in [3.8, 4) is 0 Å². The Hall–Kier alpha value is -0.960. The Morgan fingerprint density at radius 3 is 2.40 bits per heavy atom. The molecule has 0 bridgehead atoms. The molecule has 0 heterocycles. The molecule has 1 unspecified atom stereocenters. The Kier molecular flexibility index (Phi) is 3.80. The maximum absolute atomic E-state index is 12.4. The van der Waals surface area contributed by atoms with E-state index in [-0.39, 0.29) is 11.3 Å². The van der Waals surface area contributed by atoms with Crippen LogP contribution in [0.25, 0.3) is 0 Å². The third kappa shape index (κ3) is 2.75. The quantitative estimate of drug-likeness (QED) is 0.573. The number of benzene rings is 1. The fourth-order valence-electron chi connectivity index (χ4n) is 1.30. The highest BCUT2D eigenvalue weighted by Crippen LogP contribution is 2.23. The van der Waals surface area contributed by atoms with Gasteiger partial charge in [0.25, 0.3) is 6.43 Å². The van der Waals surface area contributed by atoms with E-state index in [1.165, 1.54) is 18.2 Å². The summed E-state index contributed by atoms with van der Waals surface area (Å²) >= 11 is 5.62. The molecule has 0 spiro atoms. The maximum atomic E-state index is 12.4. The number of carbonyl (C=O) groups is 1. The van der Waals surface area contributed by atoms with Gasteiger partial charge < -0.3 is 0 Å². The molecule has 0 aliphatic heterocycles. The lowest BCUT2D eigenvalue weighted by atomic mass is 10.0. The van der Waals surface area contributed by atoms with E-state index < -0.39 is 11.8 Å². The maximum Gasteiger partial charge on any atom is 0.264 e. The molecule has 0 N–H and O–H groups in total. The van der Waals surface area contributed by atoms with Crippen LogP contribution in [0.4, 0.5) is 8.78 Å². The van der Waals surface area contributed by atoms with E-state index in [0.717, 1.165) is 0 Å². The Balaban J connectivity index is 3.07. The predicted molar refractivity (Wildman–Crippen MR) is 55.8 cm³/mol. The van der Waals surface area contributed by atoms with Crippen molar-refractivity contribution in [2.24, 2.45) is 0 Å². The number of alkyl halides is 3. The second-order valence-corrected chi connectivity index (χ2v) is 4.01. The summed E-state index contributed by atoms with van der Waals surface area (Å²) in [5, 5.41) is -0.637. The van der Waals surface area contributed by atoms with Gasteiger partial charge in [0.2, 0.25) is 0 Å². The highest BCUT2D eigenvalue weighted by atomic mass is 35.5. The Morgan fingerprint density at radius 2 is 2.00 bits per heavy atom. The molecule has 1 nitrogen and oxygen atoms in total.